The fourth-order valence-electron chi connectivity index (χ4n) is 1.69. The third-order valence-corrected chi connectivity index (χ3v) is 4.29. The molecule has 0 spiro atoms. The summed E-state index contributed by atoms with van der Waals surface area (Å²) in [5, 5.41) is 3.07. The highest BCUT2D eigenvalue weighted by atomic mass is 32.2. The Bertz CT molecular complexity index is 626. The highest BCUT2D eigenvalue weighted by Crippen LogP contribution is 2.29. The summed E-state index contributed by atoms with van der Waals surface area (Å²) in [6.45, 7) is 0. The second-order valence-electron chi connectivity index (χ2n) is 3.78. The van der Waals surface area contributed by atoms with Crippen LogP contribution in [0.3, 0.4) is 0 Å². The first-order chi connectivity index (χ1) is 8.86. The average Bonchev–Trinajstić information content (AvgIpc) is 3.09. The van der Waals surface area contributed by atoms with Crippen LogP contribution in [0.15, 0.2) is 57.6 Å². The molecule has 0 bridgehead atoms. The van der Waals surface area contributed by atoms with Crippen molar-refractivity contribution >= 4 is 23.1 Å². The molecule has 4 heteroatoms. The Morgan fingerprint density at radius 1 is 1.11 bits per heavy atom. The van der Waals surface area contributed by atoms with E-state index in [-0.39, 0.29) is 0 Å². The van der Waals surface area contributed by atoms with Crippen molar-refractivity contribution in [3.05, 3.63) is 48.2 Å². The molecule has 3 aromatic rings. The first-order valence-electron chi connectivity index (χ1n) is 5.49. The summed E-state index contributed by atoms with van der Waals surface area (Å²) in [4.78, 5) is 5.90. The molecular weight excluding hydrogens is 262 g/mol. The van der Waals surface area contributed by atoms with Gasteiger partial charge in [0.05, 0.1) is 12.0 Å². The van der Waals surface area contributed by atoms with Gasteiger partial charge in [-0.1, -0.05) is 12.1 Å². The summed E-state index contributed by atoms with van der Waals surface area (Å²) in [5.74, 6) is 0. The monoisotopic (exact) mass is 273 g/mol. The largest absolute Gasteiger partial charge is 0.472 e. The number of thioether (sulfide) groups is 1. The van der Waals surface area contributed by atoms with Crippen molar-refractivity contribution in [3.63, 3.8) is 0 Å². The van der Waals surface area contributed by atoms with Crippen molar-refractivity contribution in [2.24, 2.45) is 0 Å². The van der Waals surface area contributed by atoms with Crippen LogP contribution in [0.2, 0.25) is 0 Å². The van der Waals surface area contributed by atoms with Gasteiger partial charge >= 0.3 is 0 Å². The van der Waals surface area contributed by atoms with Crippen LogP contribution in [0, 0.1) is 0 Å². The van der Waals surface area contributed by atoms with Crippen molar-refractivity contribution in [1.82, 2.24) is 4.98 Å². The molecule has 3 rings (SSSR count). The van der Waals surface area contributed by atoms with Crippen molar-refractivity contribution < 1.29 is 4.42 Å². The number of thiazole rings is 1. The fraction of sp³-hybridized carbons (Fsp3) is 0.0714. The van der Waals surface area contributed by atoms with Crippen LogP contribution in [0.25, 0.3) is 21.8 Å². The Kier molecular flexibility index (Phi) is 3.21. The van der Waals surface area contributed by atoms with E-state index < -0.39 is 0 Å². The molecule has 0 atom stereocenters. The van der Waals surface area contributed by atoms with Gasteiger partial charge < -0.3 is 4.42 Å². The van der Waals surface area contributed by atoms with Gasteiger partial charge in [-0.15, -0.1) is 23.1 Å². The number of furan rings is 1. The van der Waals surface area contributed by atoms with E-state index in [1.54, 1.807) is 35.6 Å². The maximum atomic E-state index is 5.08. The van der Waals surface area contributed by atoms with Gasteiger partial charge in [-0.2, -0.15) is 0 Å². The van der Waals surface area contributed by atoms with Gasteiger partial charge in [-0.25, -0.2) is 4.98 Å². The van der Waals surface area contributed by atoms with Crippen LogP contribution in [-0.4, -0.2) is 11.2 Å². The number of aromatic nitrogens is 1. The van der Waals surface area contributed by atoms with Crippen molar-refractivity contribution in [3.8, 4) is 21.8 Å². The van der Waals surface area contributed by atoms with Crippen molar-refractivity contribution in [2.75, 3.05) is 6.26 Å². The fourth-order valence-corrected chi connectivity index (χ4v) is 2.91. The molecular formula is C14H11NOS2. The molecule has 2 heterocycles. The quantitative estimate of drug-likeness (QED) is 0.642. The topological polar surface area (TPSA) is 26.0 Å². The molecule has 0 saturated carbocycles. The normalized spacial score (nSPS) is 10.7. The van der Waals surface area contributed by atoms with Gasteiger partial charge in [-0.05, 0) is 24.5 Å². The van der Waals surface area contributed by atoms with Crippen molar-refractivity contribution in [1.29, 1.82) is 0 Å². The summed E-state index contributed by atoms with van der Waals surface area (Å²) < 4.78 is 5.08. The molecule has 0 aliphatic rings. The van der Waals surface area contributed by atoms with Gasteiger partial charge in [0.2, 0.25) is 0 Å². The minimum Gasteiger partial charge on any atom is -0.472 e. The summed E-state index contributed by atoms with van der Waals surface area (Å²) >= 11 is 3.38. The number of nitrogens with zero attached hydrogens (tertiary/aromatic N) is 1. The molecule has 2 nitrogen and oxygen atoms in total. The standard InChI is InChI=1S/C14H11NOS2/c1-17-12-4-2-10(3-5-12)13-9-18-14(15-13)11-6-7-16-8-11/h2-9H,1H3. The second-order valence-corrected chi connectivity index (χ2v) is 5.52. The predicted octanol–water partition coefficient (Wildman–Crippen LogP) is 4.79. The molecule has 0 radical (unpaired) electrons. The third kappa shape index (κ3) is 2.21. The number of hydrogen-bond acceptors (Lipinski definition) is 4. The third-order valence-electron chi connectivity index (χ3n) is 2.66. The van der Waals surface area contributed by atoms with Gasteiger partial charge in [-0.3, -0.25) is 0 Å². The van der Waals surface area contributed by atoms with E-state index in [9.17, 15) is 0 Å². The molecule has 90 valence electrons. The van der Waals surface area contributed by atoms with Crippen LogP contribution in [-0.2, 0) is 0 Å². The van der Waals surface area contributed by atoms with Crippen LogP contribution in [0.5, 0.6) is 0 Å². The number of benzene rings is 1. The summed E-state index contributed by atoms with van der Waals surface area (Å²) in [5.41, 5.74) is 3.20. The minimum atomic E-state index is 0.993. The lowest BCUT2D eigenvalue weighted by Gasteiger charge is -1.98. The summed E-state index contributed by atoms with van der Waals surface area (Å²) in [6, 6.07) is 10.4. The molecule has 0 aliphatic heterocycles. The SMILES string of the molecule is CSc1ccc(-c2csc(-c3ccoc3)n2)cc1. The van der Waals surface area contributed by atoms with Gasteiger partial charge in [0.25, 0.3) is 0 Å². The smallest absolute Gasteiger partial charge is 0.127 e. The van der Waals surface area contributed by atoms with E-state index in [2.05, 4.69) is 40.9 Å². The minimum absolute atomic E-state index is 0.993. The Morgan fingerprint density at radius 2 is 1.94 bits per heavy atom. The molecule has 0 aliphatic carbocycles. The zero-order valence-electron chi connectivity index (χ0n) is 9.79. The predicted molar refractivity (Wildman–Crippen MR) is 77.0 cm³/mol. The molecule has 0 saturated heterocycles. The molecule has 18 heavy (non-hydrogen) atoms. The average molecular weight is 273 g/mol. The molecule has 0 unspecified atom stereocenters. The van der Waals surface area contributed by atoms with Crippen LogP contribution < -0.4 is 0 Å². The maximum absolute atomic E-state index is 5.08. The lowest BCUT2D eigenvalue weighted by molar-refractivity contribution is 0.568. The summed E-state index contributed by atoms with van der Waals surface area (Å²) in [7, 11) is 0. The first kappa shape index (κ1) is 11.6. The van der Waals surface area contributed by atoms with E-state index in [0.717, 1.165) is 21.8 Å². The Morgan fingerprint density at radius 3 is 2.61 bits per heavy atom. The zero-order valence-corrected chi connectivity index (χ0v) is 11.4. The van der Waals surface area contributed by atoms with E-state index in [1.165, 1.54) is 4.90 Å². The van der Waals surface area contributed by atoms with Crippen LogP contribution in [0.4, 0.5) is 0 Å². The molecule has 2 aromatic heterocycles. The van der Waals surface area contributed by atoms with E-state index in [4.69, 9.17) is 4.42 Å². The maximum Gasteiger partial charge on any atom is 0.127 e. The van der Waals surface area contributed by atoms with Crippen LogP contribution >= 0.6 is 23.1 Å². The Labute approximate surface area is 114 Å². The van der Waals surface area contributed by atoms with Crippen molar-refractivity contribution in [2.45, 2.75) is 4.90 Å². The molecule has 0 fully saturated rings. The van der Waals surface area contributed by atoms with Gasteiger partial charge in [0.15, 0.2) is 0 Å². The Hall–Kier alpha value is -1.52. The highest BCUT2D eigenvalue weighted by Gasteiger charge is 2.07. The second kappa shape index (κ2) is 5.00. The first-order valence-corrected chi connectivity index (χ1v) is 7.60. The molecule has 0 amide bonds. The lowest BCUT2D eigenvalue weighted by Crippen LogP contribution is -1.78. The van der Waals surface area contributed by atoms with E-state index in [1.807, 2.05) is 6.07 Å². The highest BCUT2D eigenvalue weighted by molar-refractivity contribution is 7.98. The molecule has 0 N–H and O–H groups in total. The zero-order chi connectivity index (χ0) is 12.4. The summed E-state index contributed by atoms with van der Waals surface area (Å²) in [6.07, 6.45) is 5.47. The lowest BCUT2D eigenvalue weighted by atomic mass is 10.2. The number of hydrogen-bond donors (Lipinski definition) is 0. The Balaban J connectivity index is 1.92. The molecule has 1 aromatic carbocycles. The van der Waals surface area contributed by atoms with Crippen LogP contribution in [0.1, 0.15) is 0 Å². The van der Waals surface area contributed by atoms with E-state index >= 15 is 0 Å². The van der Waals surface area contributed by atoms with E-state index in [0.29, 0.717) is 0 Å². The number of rotatable bonds is 3. The van der Waals surface area contributed by atoms with Gasteiger partial charge in [0, 0.05) is 21.4 Å². The van der Waals surface area contributed by atoms with Gasteiger partial charge in [0.1, 0.15) is 11.3 Å².